The third-order valence-electron chi connectivity index (χ3n) is 7.44. The number of halogens is 2. The molecule has 2 N–H and O–H groups in total. The minimum atomic E-state index is -1.59. The summed E-state index contributed by atoms with van der Waals surface area (Å²) in [7, 11) is 0. The van der Waals surface area contributed by atoms with Crippen LogP contribution in [0.25, 0.3) is 0 Å². The Morgan fingerprint density at radius 3 is 2.53 bits per heavy atom. The Morgan fingerprint density at radius 1 is 1.22 bits per heavy atom. The number of carbonyl (C=O) groups is 2. The Morgan fingerprint density at radius 2 is 1.88 bits per heavy atom. The van der Waals surface area contributed by atoms with Gasteiger partial charge in [0.2, 0.25) is 0 Å². The van der Waals surface area contributed by atoms with Crippen molar-refractivity contribution in [2.24, 2.45) is 11.3 Å². The lowest BCUT2D eigenvalue weighted by Crippen LogP contribution is -2.60. The van der Waals surface area contributed by atoms with Crippen molar-refractivity contribution in [3.63, 3.8) is 0 Å². The molecule has 0 spiro atoms. The number of phenols is 2. The first-order valence-electron chi connectivity index (χ1n) is 10.8. The molecule has 1 aliphatic heterocycles. The molecule has 1 aromatic rings. The summed E-state index contributed by atoms with van der Waals surface area (Å²) in [5.74, 6) is -1.81. The van der Waals surface area contributed by atoms with Gasteiger partial charge in [0.15, 0.2) is 17.2 Å². The molecule has 0 saturated heterocycles. The Labute approximate surface area is 201 Å². The SMILES string of the molecule is C=C1CC[C@H](Br)C(C)(C)[C@@H]1C[C@@]12OC(C)(C)[C@H](Cl)C=C1C(=O)c1c(O)cc(O)cc1C2=O. The summed E-state index contributed by atoms with van der Waals surface area (Å²) in [5.41, 5.74) is -1.76. The Hall–Kier alpha value is -1.63. The van der Waals surface area contributed by atoms with Gasteiger partial charge in [0.05, 0.1) is 16.5 Å². The Bertz CT molecular complexity index is 1070. The van der Waals surface area contributed by atoms with Crippen molar-refractivity contribution in [2.45, 2.75) is 68.4 Å². The first kappa shape index (κ1) is 23.5. The van der Waals surface area contributed by atoms with Crippen LogP contribution in [0.3, 0.4) is 0 Å². The van der Waals surface area contributed by atoms with Gasteiger partial charge in [0.25, 0.3) is 0 Å². The van der Waals surface area contributed by atoms with Crippen LogP contribution in [0.2, 0.25) is 0 Å². The van der Waals surface area contributed by atoms with Crippen LogP contribution >= 0.6 is 27.5 Å². The van der Waals surface area contributed by atoms with Crippen molar-refractivity contribution >= 4 is 39.1 Å². The van der Waals surface area contributed by atoms with Crippen molar-refractivity contribution in [3.8, 4) is 11.5 Å². The first-order chi connectivity index (χ1) is 14.7. The van der Waals surface area contributed by atoms with E-state index in [4.69, 9.17) is 16.3 Å². The molecule has 1 saturated carbocycles. The molecule has 0 radical (unpaired) electrons. The summed E-state index contributed by atoms with van der Waals surface area (Å²) in [5, 5.41) is 19.8. The summed E-state index contributed by atoms with van der Waals surface area (Å²) < 4.78 is 6.49. The molecule has 4 atom stereocenters. The average molecular weight is 524 g/mol. The van der Waals surface area contributed by atoms with E-state index in [9.17, 15) is 19.8 Å². The van der Waals surface area contributed by atoms with E-state index in [1.165, 1.54) is 6.07 Å². The smallest absolute Gasteiger partial charge is 0.200 e. The molecule has 32 heavy (non-hydrogen) atoms. The third kappa shape index (κ3) is 3.29. The number of rotatable bonds is 2. The molecule has 1 heterocycles. The number of ketones is 2. The van der Waals surface area contributed by atoms with Gasteiger partial charge in [-0.15, -0.1) is 11.6 Å². The Kier molecular flexibility index (Phi) is 5.47. The predicted octanol–water partition coefficient (Wildman–Crippen LogP) is 5.70. The maximum atomic E-state index is 14.1. The van der Waals surface area contributed by atoms with Crippen LogP contribution in [0.4, 0.5) is 0 Å². The predicted molar refractivity (Wildman–Crippen MR) is 127 cm³/mol. The summed E-state index contributed by atoms with van der Waals surface area (Å²) in [6.07, 6.45) is 3.57. The van der Waals surface area contributed by atoms with E-state index in [1.807, 2.05) is 0 Å². The van der Waals surface area contributed by atoms with Gasteiger partial charge < -0.3 is 14.9 Å². The van der Waals surface area contributed by atoms with Gasteiger partial charge in [0.1, 0.15) is 11.5 Å². The normalized spacial score (nSPS) is 33.4. The number of phenolic OH excluding ortho intramolecular Hbond substituents is 2. The van der Waals surface area contributed by atoms with Gasteiger partial charge >= 0.3 is 0 Å². The second-order valence-electron chi connectivity index (χ2n) is 10.3. The van der Waals surface area contributed by atoms with E-state index in [2.05, 4.69) is 36.4 Å². The summed E-state index contributed by atoms with van der Waals surface area (Å²) in [6.45, 7) is 12.1. The molecule has 1 aromatic carbocycles. The number of alkyl halides is 2. The lowest BCUT2D eigenvalue weighted by atomic mass is 9.59. The van der Waals surface area contributed by atoms with Gasteiger partial charge in [-0.05, 0) is 50.5 Å². The molecule has 1 fully saturated rings. The second kappa shape index (κ2) is 7.44. The second-order valence-corrected chi connectivity index (χ2v) is 11.9. The zero-order valence-corrected chi connectivity index (χ0v) is 21.0. The highest BCUT2D eigenvalue weighted by Gasteiger charge is 2.60. The van der Waals surface area contributed by atoms with E-state index in [1.54, 1.807) is 19.9 Å². The molecule has 0 bridgehead atoms. The number of hydrogen-bond acceptors (Lipinski definition) is 5. The van der Waals surface area contributed by atoms with Gasteiger partial charge in [-0.3, -0.25) is 9.59 Å². The molecule has 172 valence electrons. The van der Waals surface area contributed by atoms with Gasteiger partial charge in [-0.25, -0.2) is 0 Å². The van der Waals surface area contributed by atoms with E-state index in [-0.39, 0.29) is 45.0 Å². The van der Waals surface area contributed by atoms with E-state index >= 15 is 0 Å². The number of ether oxygens (including phenoxy) is 1. The lowest BCUT2D eigenvalue weighted by Gasteiger charge is -2.52. The highest BCUT2D eigenvalue weighted by atomic mass is 79.9. The van der Waals surface area contributed by atoms with Crippen molar-refractivity contribution in [2.75, 3.05) is 0 Å². The van der Waals surface area contributed by atoms with Crippen LogP contribution < -0.4 is 0 Å². The number of benzene rings is 1. The number of carbonyl (C=O) groups excluding carboxylic acids is 2. The fourth-order valence-electron chi connectivity index (χ4n) is 5.39. The number of aromatic hydroxyl groups is 2. The number of Topliss-reactive ketones (excluding diaryl/α,β-unsaturated/α-hetero) is 2. The van der Waals surface area contributed by atoms with Gasteiger partial charge in [-0.2, -0.15) is 0 Å². The molecule has 4 rings (SSSR count). The van der Waals surface area contributed by atoms with Crippen molar-refractivity contribution in [3.05, 3.63) is 47.1 Å². The van der Waals surface area contributed by atoms with Crippen LogP contribution in [0.1, 0.15) is 67.7 Å². The highest BCUT2D eigenvalue weighted by Crippen LogP contribution is 2.55. The van der Waals surface area contributed by atoms with E-state index in [0.29, 0.717) is 0 Å². The first-order valence-corrected chi connectivity index (χ1v) is 12.1. The number of fused-ring (bicyclic) bond motifs is 2. The summed E-state index contributed by atoms with van der Waals surface area (Å²) in [4.78, 5) is 27.9. The zero-order chi connectivity index (χ0) is 23.8. The quantitative estimate of drug-likeness (QED) is 0.383. The summed E-state index contributed by atoms with van der Waals surface area (Å²) >= 11 is 10.3. The van der Waals surface area contributed by atoms with Crippen molar-refractivity contribution in [1.82, 2.24) is 0 Å². The van der Waals surface area contributed by atoms with E-state index < -0.39 is 33.9 Å². The minimum absolute atomic E-state index is 0.0388. The van der Waals surface area contributed by atoms with Gasteiger partial charge in [0, 0.05) is 22.0 Å². The van der Waals surface area contributed by atoms with Crippen molar-refractivity contribution < 1.29 is 24.5 Å². The topological polar surface area (TPSA) is 83.8 Å². The Balaban J connectivity index is 1.95. The summed E-state index contributed by atoms with van der Waals surface area (Å²) in [6, 6.07) is 2.29. The molecule has 0 aromatic heterocycles. The molecule has 0 unspecified atom stereocenters. The fourth-order valence-corrected chi connectivity index (χ4v) is 6.11. The van der Waals surface area contributed by atoms with Crippen LogP contribution in [0, 0.1) is 11.3 Å². The molecule has 7 heteroatoms. The largest absolute Gasteiger partial charge is 0.508 e. The molecule has 2 aliphatic carbocycles. The molecule has 3 aliphatic rings. The number of allylic oxidation sites excluding steroid dienone is 1. The number of hydrogen-bond donors (Lipinski definition) is 2. The highest BCUT2D eigenvalue weighted by molar-refractivity contribution is 9.09. The lowest BCUT2D eigenvalue weighted by molar-refractivity contribution is -0.116. The molecule has 0 amide bonds. The van der Waals surface area contributed by atoms with Crippen molar-refractivity contribution in [1.29, 1.82) is 0 Å². The standard InChI is InChI=1S/C25H28BrClO5/c1-12-6-7-18(26)23(2,3)16(12)11-25-15(10-19(27)24(4,5)32-25)21(30)20-14(22(25)31)8-13(28)9-17(20)29/h8-10,16,18-19,28-29H,1,6-7,11H2,2-5H3/t16-,18+,19-,25-/m1/s1. The maximum Gasteiger partial charge on any atom is 0.200 e. The van der Waals surface area contributed by atoms with Gasteiger partial charge in [-0.1, -0.05) is 48.0 Å². The fraction of sp³-hybridized carbons (Fsp3) is 0.520. The maximum absolute atomic E-state index is 14.1. The minimum Gasteiger partial charge on any atom is -0.508 e. The van der Waals surface area contributed by atoms with Crippen LogP contribution in [0.15, 0.2) is 35.9 Å². The molecular formula is C25H28BrClO5. The van der Waals surface area contributed by atoms with Crippen LogP contribution in [0.5, 0.6) is 11.5 Å². The average Bonchev–Trinajstić information content (AvgIpc) is 2.68. The zero-order valence-electron chi connectivity index (χ0n) is 18.7. The molecule has 5 nitrogen and oxygen atoms in total. The molecular weight excluding hydrogens is 496 g/mol. The van der Waals surface area contributed by atoms with Crippen LogP contribution in [-0.2, 0) is 4.74 Å². The third-order valence-corrected chi connectivity index (χ3v) is 9.73. The van der Waals surface area contributed by atoms with Crippen LogP contribution in [-0.4, -0.2) is 43.2 Å². The van der Waals surface area contributed by atoms with E-state index in [0.717, 1.165) is 24.5 Å². The monoisotopic (exact) mass is 522 g/mol.